The van der Waals surface area contributed by atoms with Crippen LogP contribution in [0.25, 0.3) is 0 Å². The van der Waals surface area contributed by atoms with E-state index in [1.807, 2.05) is 0 Å². The van der Waals surface area contributed by atoms with Gasteiger partial charge >= 0.3 is 0 Å². The van der Waals surface area contributed by atoms with Crippen molar-refractivity contribution in [3.05, 3.63) is 35.4 Å². The van der Waals surface area contributed by atoms with Crippen molar-refractivity contribution in [2.24, 2.45) is 11.8 Å². The number of nitrogens with one attached hydrogen (secondary N) is 1. The Labute approximate surface area is 118 Å². The van der Waals surface area contributed by atoms with Crippen LogP contribution in [0.3, 0.4) is 0 Å². The van der Waals surface area contributed by atoms with Crippen molar-refractivity contribution in [3.8, 4) is 0 Å². The molecule has 1 aromatic carbocycles. The largest absolute Gasteiger partial charge is 0.313 e. The molecule has 1 heteroatoms. The molecule has 1 N–H and O–H groups in total. The summed E-state index contributed by atoms with van der Waals surface area (Å²) in [6.45, 7) is 4.57. The Bertz CT molecular complexity index is 360. The maximum absolute atomic E-state index is 3.55. The quantitative estimate of drug-likeness (QED) is 0.806. The molecule has 0 saturated heterocycles. The second-order valence-corrected chi connectivity index (χ2v) is 6.50. The monoisotopic (exact) mass is 259 g/mol. The zero-order valence-electron chi connectivity index (χ0n) is 12.8. The minimum absolute atomic E-state index is 0.549. The second-order valence-electron chi connectivity index (χ2n) is 6.50. The molecule has 0 amide bonds. The molecule has 1 unspecified atom stereocenters. The zero-order chi connectivity index (χ0) is 13.7. The normalized spacial score (nSPS) is 18.7. The molecule has 0 bridgehead atoms. The molecule has 106 valence electrons. The van der Waals surface area contributed by atoms with Crippen molar-refractivity contribution >= 4 is 0 Å². The van der Waals surface area contributed by atoms with Gasteiger partial charge in [-0.3, -0.25) is 0 Å². The van der Waals surface area contributed by atoms with E-state index in [1.165, 1.54) is 49.7 Å². The molecule has 1 nitrogen and oxygen atoms in total. The first-order chi connectivity index (χ1) is 9.20. The smallest absolute Gasteiger partial charge is 0.0346 e. The molecule has 0 aliphatic heterocycles. The van der Waals surface area contributed by atoms with Gasteiger partial charge in [0.25, 0.3) is 0 Å². The van der Waals surface area contributed by atoms with Gasteiger partial charge in [0.15, 0.2) is 0 Å². The summed E-state index contributed by atoms with van der Waals surface area (Å²) < 4.78 is 0. The van der Waals surface area contributed by atoms with Crippen LogP contribution in [0.2, 0.25) is 0 Å². The molecule has 2 rings (SSSR count). The van der Waals surface area contributed by atoms with Gasteiger partial charge in [0, 0.05) is 6.04 Å². The fourth-order valence-electron chi connectivity index (χ4n) is 3.47. The first-order valence-corrected chi connectivity index (χ1v) is 7.97. The SMILES string of the molecule is CNC(c1ccc(CC(C)C)cc1)C1CCCCC1. The van der Waals surface area contributed by atoms with Crippen molar-refractivity contribution < 1.29 is 0 Å². The van der Waals surface area contributed by atoms with E-state index >= 15 is 0 Å². The highest BCUT2D eigenvalue weighted by Crippen LogP contribution is 2.34. The van der Waals surface area contributed by atoms with Crippen LogP contribution in [0.4, 0.5) is 0 Å². The van der Waals surface area contributed by atoms with Gasteiger partial charge in [-0.1, -0.05) is 57.4 Å². The van der Waals surface area contributed by atoms with Crippen molar-refractivity contribution in [1.82, 2.24) is 5.32 Å². The molecule has 1 saturated carbocycles. The summed E-state index contributed by atoms with van der Waals surface area (Å²) in [6, 6.07) is 9.87. The molecule has 1 aliphatic carbocycles. The van der Waals surface area contributed by atoms with Crippen LogP contribution >= 0.6 is 0 Å². The number of rotatable bonds is 5. The first kappa shape index (κ1) is 14.6. The molecule has 0 spiro atoms. The van der Waals surface area contributed by atoms with Gasteiger partial charge in [0.2, 0.25) is 0 Å². The van der Waals surface area contributed by atoms with E-state index in [-0.39, 0.29) is 0 Å². The molecule has 19 heavy (non-hydrogen) atoms. The Morgan fingerprint density at radius 2 is 1.68 bits per heavy atom. The van der Waals surface area contributed by atoms with Crippen molar-refractivity contribution in [3.63, 3.8) is 0 Å². The molecule has 0 aromatic heterocycles. The van der Waals surface area contributed by atoms with E-state index in [0.29, 0.717) is 6.04 Å². The van der Waals surface area contributed by atoms with Gasteiger partial charge in [-0.15, -0.1) is 0 Å². The summed E-state index contributed by atoms with van der Waals surface area (Å²) in [4.78, 5) is 0. The predicted molar refractivity (Wildman–Crippen MR) is 83.4 cm³/mol. The maximum Gasteiger partial charge on any atom is 0.0346 e. The molecule has 1 aromatic rings. The minimum Gasteiger partial charge on any atom is -0.313 e. The van der Waals surface area contributed by atoms with Gasteiger partial charge in [-0.05, 0) is 49.3 Å². The van der Waals surface area contributed by atoms with E-state index in [4.69, 9.17) is 0 Å². The van der Waals surface area contributed by atoms with E-state index < -0.39 is 0 Å². The van der Waals surface area contributed by atoms with Crippen LogP contribution in [0, 0.1) is 11.8 Å². The molecule has 1 atom stereocenters. The van der Waals surface area contributed by atoms with Gasteiger partial charge in [-0.2, -0.15) is 0 Å². The highest BCUT2D eigenvalue weighted by molar-refractivity contribution is 5.26. The summed E-state index contributed by atoms with van der Waals surface area (Å²) in [5.74, 6) is 1.57. The van der Waals surface area contributed by atoms with Crippen molar-refractivity contribution in [2.75, 3.05) is 7.05 Å². The average Bonchev–Trinajstić information content (AvgIpc) is 2.42. The average molecular weight is 259 g/mol. The molecule has 1 fully saturated rings. The molecule has 0 radical (unpaired) electrons. The Morgan fingerprint density at radius 3 is 2.21 bits per heavy atom. The fraction of sp³-hybridized carbons (Fsp3) is 0.667. The lowest BCUT2D eigenvalue weighted by atomic mass is 9.81. The number of hydrogen-bond donors (Lipinski definition) is 1. The number of hydrogen-bond acceptors (Lipinski definition) is 1. The highest BCUT2D eigenvalue weighted by Gasteiger charge is 2.23. The topological polar surface area (TPSA) is 12.0 Å². The molecular weight excluding hydrogens is 230 g/mol. The van der Waals surface area contributed by atoms with Gasteiger partial charge in [-0.25, -0.2) is 0 Å². The van der Waals surface area contributed by atoms with E-state index in [2.05, 4.69) is 50.5 Å². The van der Waals surface area contributed by atoms with E-state index in [9.17, 15) is 0 Å². The Balaban J connectivity index is 2.05. The lowest BCUT2D eigenvalue weighted by molar-refractivity contribution is 0.281. The van der Waals surface area contributed by atoms with Gasteiger partial charge in [0.05, 0.1) is 0 Å². The second kappa shape index (κ2) is 7.09. The molecular formula is C18H29N. The van der Waals surface area contributed by atoms with E-state index in [0.717, 1.165) is 11.8 Å². The summed E-state index contributed by atoms with van der Waals surface area (Å²) in [5.41, 5.74) is 2.94. The molecule has 1 aliphatic rings. The third-order valence-corrected chi connectivity index (χ3v) is 4.42. The minimum atomic E-state index is 0.549. The zero-order valence-corrected chi connectivity index (χ0v) is 12.8. The highest BCUT2D eigenvalue weighted by atomic mass is 14.9. The lowest BCUT2D eigenvalue weighted by Gasteiger charge is -2.30. The standard InChI is InChI=1S/C18H29N/c1-14(2)13-15-9-11-17(12-10-15)18(19-3)16-7-5-4-6-8-16/h9-12,14,16,18-19H,4-8,13H2,1-3H3. The Morgan fingerprint density at radius 1 is 1.05 bits per heavy atom. The van der Waals surface area contributed by atoms with Crippen molar-refractivity contribution in [2.45, 2.75) is 58.4 Å². The van der Waals surface area contributed by atoms with Gasteiger partial charge < -0.3 is 5.32 Å². The summed E-state index contributed by atoms with van der Waals surface area (Å²) >= 11 is 0. The van der Waals surface area contributed by atoms with Crippen LogP contribution in [0.15, 0.2) is 24.3 Å². The maximum atomic E-state index is 3.55. The van der Waals surface area contributed by atoms with E-state index in [1.54, 1.807) is 0 Å². The van der Waals surface area contributed by atoms with Gasteiger partial charge in [0.1, 0.15) is 0 Å². The van der Waals surface area contributed by atoms with Crippen LogP contribution in [0.5, 0.6) is 0 Å². The van der Waals surface area contributed by atoms with Crippen LogP contribution in [-0.2, 0) is 6.42 Å². The third kappa shape index (κ3) is 4.07. The Kier molecular flexibility index (Phi) is 5.45. The Hall–Kier alpha value is -0.820. The summed E-state index contributed by atoms with van der Waals surface area (Å²) in [7, 11) is 2.11. The summed E-state index contributed by atoms with van der Waals surface area (Å²) in [5, 5.41) is 3.55. The predicted octanol–water partition coefficient (Wildman–Crippen LogP) is 4.73. The van der Waals surface area contributed by atoms with Crippen LogP contribution in [-0.4, -0.2) is 7.05 Å². The summed E-state index contributed by atoms with van der Waals surface area (Å²) in [6.07, 6.45) is 8.22. The van der Waals surface area contributed by atoms with Crippen molar-refractivity contribution in [1.29, 1.82) is 0 Å². The third-order valence-electron chi connectivity index (χ3n) is 4.42. The first-order valence-electron chi connectivity index (χ1n) is 7.97. The fourth-order valence-corrected chi connectivity index (χ4v) is 3.47. The van der Waals surface area contributed by atoms with Crippen LogP contribution < -0.4 is 5.32 Å². The number of benzene rings is 1. The molecule has 0 heterocycles. The van der Waals surface area contributed by atoms with Crippen LogP contribution in [0.1, 0.15) is 63.1 Å². The lowest BCUT2D eigenvalue weighted by Crippen LogP contribution is -2.26.